The van der Waals surface area contributed by atoms with Crippen LogP contribution in [0.1, 0.15) is 10.5 Å². The summed E-state index contributed by atoms with van der Waals surface area (Å²) in [5.74, 6) is -0.556. The van der Waals surface area contributed by atoms with E-state index in [1.54, 1.807) is 6.07 Å². The van der Waals surface area contributed by atoms with E-state index in [0.29, 0.717) is 5.52 Å². The molecule has 5 heteroatoms. The van der Waals surface area contributed by atoms with Gasteiger partial charge in [-0.1, -0.05) is 18.2 Å². The van der Waals surface area contributed by atoms with Gasteiger partial charge in [0.1, 0.15) is 5.69 Å². The van der Waals surface area contributed by atoms with Gasteiger partial charge in [0.2, 0.25) is 0 Å². The van der Waals surface area contributed by atoms with E-state index in [9.17, 15) is 9.59 Å². The third kappa shape index (κ3) is 1.41. The van der Waals surface area contributed by atoms with Crippen LogP contribution in [0.4, 0.5) is 0 Å². The lowest BCUT2D eigenvalue weighted by Crippen LogP contribution is -2.20. The van der Waals surface area contributed by atoms with Gasteiger partial charge >= 0.3 is 11.7 Å². The van der Waals surface area contributed by atoms with Crippen LogP contribution in [0.25, 0.3) is 16.4 Å². The van der Waals surface area contributed by atoms with Crippen LogP contribution in [0.5, 0.6) is 0 Å². The number of fused-ring (bicyclic) bond motifs is 3. The first-order valence-corrected chi connectivity index (χ1v) is 5.42. The van der Waals surface area contributed by atoms with Gasteiger partial charge in [-0.25, -0.2) is 9.59 Å². The van der Waals surface area contributed by atoms with Gasteiger partial charge in [0.25, 0.3) is 0 Å². The van der Waals surface area contributed by atoms with Crippen molar-refractivity contribution < 1.29 is 9.53 Å². The maximum Gasteiger partial charge on any atom is 0.354 e. The number of carbonyl (C=O) groups excluding carboxylic acids is 1. The first-order valence-electron chi connectivity index (χ1n) is 5.42. The number of methoxy groups -OCH3 is 1. The summed E-state index contributed by atoms with van der Waals surface area (Å²) in [7, 11) is 1.28. The van der Waals surface area contributed by atoms with Crippen LogP contribution in [0.2, 0.25) is 0 Å². The molecule has 2 heterocycles. The Hall–Kier alpha value is -2.56. The molecule has 5 nitrogen and oxygen atoms in total. The van der Waals surface area contributed by atoms with Crippen molar-refractivity contribution in [3.05, 3.63) is 52.6 Å². The van der Waals surface area contributed by atoms with Crippen LogP contribution in [0.3, 0.4) is 0 Å². The summed E-state index contributed by atoms with van der Waals surface area (Å²) in [6.07, 6.45) is 0. The normalized spacial score (nSPS) is 10.9. The van der Waals surface area contributed by atoms with Gasteiger partial charge in [-0.3, -0.25) is 4.40 Å². The Morgan fingerprint density at radius 3 is 2.83 bits per heavy atom. The number of H-pyrrole nitrogens is 1. The number of nitrogens with zero attached hydrogens (tertiary/aromatic N) is 1. The molecule has 0 fully saturated rings. The van der Waals surface area contributed by atoms with Gasteiger partial charge in [-0.2, -0.15) is 0 Å². The summed E-state index contributed by atoms with van der Waals surface area (Å²) in [5.41, 5.74) is 1.28. The Kier molecular flexibility index (Phi) is 2.19. The molecule has 0 aliphatic carbocycles. The minimum Gasteiger partial charge on any atom is -0.464 e. The van der Waals surface area contributed by atoms with Crippen LogP contribution < -0.4 is 5.69 Å². The number of aromatic nitrogens is 2. The molecule has 3 aromatic rings. The summed E-state index contributed by atoms with van der Waals surface area (Å²) in [5, 5.41) is 0.949. The highest BCUT2D eigenvalue weighted by Gasteiger charge is 2.11. The summed E-state index contributed by atoms with van der Waals surface area (Å²) in [6.45, 7) is 0. The highest BCUT2D eigenvalue weighted by molar-refractivity contribution is 5.91. The molecule has 0 spiro atoms. The number of benzene rings is 1. The maximum absolute atomic E-state index is 12.0. The second kappa shape index (κ2) is 3.73. The van der Waals surface area contributed by atoms with Gasteiger partial charge in [0.05, 0.1) is 18.1 Å². The fourth-order valence-electron chi connectivity index (χ4n) is 2.08. The molecule has 18 heavy (non-hydrogen) atoms. The third-order valence-corrected chi connectivity index (χ3v) is 2.88. The zero-order chi connectivity index (χ0) is 12.7. The number of carbonyl (C=O) groups is 1. The molecule has 0 saturated carbocycles. The van der Waals surface area contributed by atoms with E-state index in [2.05, 4.69) is 9.72 Å². The molecule has 0 amide bonds. The maximum atomic E-state index is 12.0. The minimum absolute atomic E-state index is 0.151. The summed E-state index contributed by atoms with van der Waals surface area (Å²) < 4.78 is 6.13. The molecule has 3 rings (SSSR count). The lowest BCUT2D eigenvalue weighted by atomic mass is 10.2. The molecule has 90 valence electrons. The molecule has 1 aromatic carbocycles. The molecule has 1 N–H and O–H groups in total. The quantitative estimate of drug-likeness (QED) is 0.659. The van der Waals surface area contributed by atoms with Crippen LogP contribution in [-0.4, -0.2) is 22.5 Å². The predicted molar refractivity (Wildman–Crippen MR) is 66.9 cm³/mol. The molecule has 0 aliphatic rings. The molecule has 0 atom stereocenters. The topological polar surface area (TPSA) is 63.6 Å². The van der Waals surface area contributed by atoms with Gasteiger partial charge in [-0.05, 0) is 18.2 Å². The van der Waals surface area contributed by atoms with Crippen molar-refractivity contribution in [3.63, 3.8) is 0 Å². The number of hydrogen-bond donors (Lipinski definition) is 1. The number of rotatable bonds is 1. The summed E-state index contributed by atoms with van der Waals surface area (Å²) in [6, 6.07) is 11.0. The third-order valence-electron chi connectivity index (χ3n) is 2.88. The van der Waals surface area contributed by atoms with Crippen molar-refractivity contribution in [1.29, 1.82) is 0 Å². The Morgan fingerprint density at radius 1 is 1.28 bits per heavy atom. The number of aromatic amines is 1. The zero-order valence-corrected chi connectivity index (χ0v) is 9.64. The highest BCUT2D eigenvalue weighted by atomic mass is 16.5. The number of ether oxygens (including phenoxy) is 1. The Labute approximate surface area is 102 Å². The van der Waals surface area contributed by atoms with Crippen molar-refractivity contribution in [2.24, 2.45) is 0 Å². The zero-order valence-electron chi connectivity index (χ0n) is 9.64. The summed E-state index contributed by atoms with van der Waals surface area (Å²) >= 11 is 0. The van der Waals surface area contributed by atoms with Crippen LogP contribution in [0, 0.1) is 0 Å². The first kappa shape index (κ1) is 10.6. The van der Waals surface area contributed by atoms with E-state index >= 15 is 0 Å². The standard InChI is InChI=1S/C13H10N2O3/c1-18-12(16)10-7-9-6-8-4-2-3-5-11(8)15(9)13(17)14-10/h2-7H,1H3,(H,14,17). The molecule has 0 unspecified atom stereocenters. The van der Waals surface area contributed by atoms with Crippen LogP contribution >= 0.6 is 0 Å². The number of nitrogens with one attached hydrogen (secondary N) is 1. The second-order valence-corrected chi connectivity index (χ2v) is 3.94. The molecule has 0 radical (unpaired) electrons. The van der Waals surface area contributed by atoms with Gasteiger partial charge in [0, 0.05) is 5.39 Å². The Bertz CT molecular complexity index is 814. The molecular formula is C13H10N2O3. The fourth-order valence-corrected chi connectivity index (χ4v) is 2.08. The number of hydrogen-bond acceptors (Lipinski definition) is 3. The number of para-hydroxylation sites is 1. The van der Waals surface area contributed by atoms with E-state index in [1.807, 2.05) is 30.3 Å². The Balaban J connectivity index is 2.42. The first-order chi connectivity index (χ1) is 8.70. The van der Waals surface area contributed by atoms with Gasteiger partial charge < -0.3 is 9.72 Å². The van der Waals surface area contributed by atoms with Crippen molar-refractivity contribution in [1.82, 2.24) is 9.38 Å². The van der Waals surface area contributed by atoms with Crippen molar-refractivity contribution in [2.75, 3.05) is 7.11 Å². The lowest BCUT2D eigenvalue weighted by molar-refractivity contribution is 0.0593. The Morgan fingerprint density at radius 2 is 2.06 bits per heavy atom. The number of esters is 1. The average Bonchev–Trinajstić information content (AvgIpc) is 2.76. The fraction of sp³-hybridized carbons (Fsp3) is 0.0769. The minimum atomic E-state index is -0.556. The van der Waals surface area contributed by atoms with Crippen molar-refractivity contribution in [3.8, 4) is 0 Å². The van der Waals surface area contributed by atoms with E-state index in [4.69, 9.17) is 0 Å². The van der Waals surface area contributed by atoms with Crippen LogP contribution in [-0.2, 0) is 4.74 Å². The van der Waals surface area contributed by atoms with Gasteiger partial charge in [0.15, 0.2) is 0 Å². The molecule has 2 aromatic heterocycles. The molecule has 0 saturated heterocycles. The largest absolute Gasteiger partial charge is 0.464 e. The van der Waals surface area contributed by atoms with Crippen molar-refractivity contribution >= 4 is 22.4 Å². The second-order valence-electron chi connectivity index (χ2n) is 3.94. The van der Waals surface area contributed by atoms with E-state index in [0.717, 1.165) is 10.9 Å². The lowest BCUT2D eigenvalue weighted by Gasteiger charge is -2.00. The van der Waals surface area contributed by atoms with E-state index in [-0.39, 0.29) is 11.4 Å². The summed E-state index contributed by atoms with van der Waals surface area (Å²) in [4.78, 5) is 25.9. The smallest absolute Gasteiger partial charge is 0.354 e. The average molecular weight is 242 g/mol. The van der Waals surface area contributed by atoms with Crippen LogP contribution in [0.15, 0.2) is 41.2 Å². The SMILES string of the molecule is COC(=O)c1cc2cc3ccccc3n2c(=O)[nH]1. The monoisotopic (exact) mass is 242 g/mol. The highest BCUT2D eigenvalue weighted by Crippen LogP contribution is 2.18. The van der Waals surface area contributed by atoms with E-state index in [1.165, 1.54) is 11.5 Å². The van der Waals surface area contributed by atoms with Gasteiger partial charge in [-0.15, -0.1) is 0 Å². The van der Waals surface area contributed by atoms with E-state index < -0.39 is 5.97 Å². The molecular weight excluding hydrogens is 232 g/mol. The predicted octanol–water partition coefficient (Wildman–Crippen LogP) is 1.57. The molecule has 0 bridgehead atoms. The molecule has 0 aliphatic heterocycles. The van der Waals surface area contributed by atoms with Crippen molar-refractivity contribution in [2.45, 2.75) is 0 Å².